The first-order valence-electron chi connectivity index (χ1n) is 7.19. The standard InChI is InChI=1S/C19H18O2/c1-12(2)14-7-8-18-17(10-14)16(11-19(20)21-18)15-6-4-5-13(3)9-15/h4-12H,1-3H3. The fourth-order valence-electron chi connectivity index (χ4n) is 2.59. The molecule has 0 unspecified atom stereocenters. The second-order valence-electron chi connectivity index (χ2n) is 5.76. The average molecular weight is 278 g/mol. The van der Waals surface area contributed by atoms with E-state index in [1.54, 1.807) is 6.07 Å². The van der Waals surface area contributed by atoms with Crippen molar-refractivity contribution in [3.63, 3.8) is 0 Å². The number of hydrogen-bond donors (Lipinski definition) is 0. The van der Waals surface area contributed by atoms with Gasteiger partial charge in [-0.25, -0.2) is 4.79 Å². The first-order chi connectivity index (χ1) is 10.0. The fraction of sp³-hybridized carbons (Fsp3) is 0.211. The van der Waals surface area contributed by atoms with Gasteiger partial charge in [0.05, 0.1) is 0 Å². The van der Waals surface area contributed by atoms with Gasteiger partial charge in [-0.3, -0.25) is 0 Å². The largest absolute Gasteiger partial charge is 0.423 e. The smallest absolute Gasteiger partial charge is 0.336 e. The lowest BCUT2D eigenvalue weighted by Crippen LogP contribution is -1.99. The molecule has 0 radical (unpaired) electrons. The van der Waals surface area contributed by atoms with Crippen LogP contribution in [-0.4, -0.2) is 0 Å². The Kier molecular flexibility index (Phi) is 3.38. The number of benzene rings is 2. The van der Waals surface area contributed by atoms with Crippen LogP contribution in [0.5, 0.6) is 0 Å². The molecule has 0 atom stereocenters. The zero-order chi connectivity index (χ0) is 15.0. The summed E-state index contributed by atoms with van der Waals surface area (Å²) >= 11 is 0. The molecule has 1 heterocycles. The highest BCUT2D eigenvalue weighted by atomic mass is 16.4. The summed E-state index contributed by atoms with van der Waals surface area (Å²) in [5.74, 6) is 0.437. The molecule has 3 aromatic rings. The van der Waals surface area contributed by atoms with Crippen molar-refractivity contribution in [2.75, 3.05) is 0 Å². The summed E-state index contributed by atoms with van der Waals surface area (Å²) in [6, 6.07) is 15.8. The molecular formula is C19H18O2. The lowest BCUT2D eigenvalue weighted by atomic mass is 9.96. The molecule has 0 saturated carbocycles. The molecule has 3 rings (SSSR count). The molecule has 21 heavy (non-hydrogen) atoms. The Bertz CT molecular complexity index is 857. The van der Waals surface area contributed by atoms with Crippen LogP contribution in [0.3, 0.4) is 0 Å². The van der Waals surface area contributed by atoms with E-state index >= 15 is 0 Å². The topological polar surface area (TPSA) is 30.2 Å². The van der Waals surface area contributed by atoms with E-state index in [-0.39, 0.29) is 5.63 Å². The average Bonchev–Trinajstić information content (AvgIpc) is 2.45. The van der Waals surface area contributed by atoms with Crippen LogP contribution < -0.4 is 5.63 Å². The summed E-state index contributed by atoms with van der Waals surface area (Å²) in [4.78, 5) is 11.8. The lowest BCUT2D eigenvalue weighted by molar-refractivity contribution is 0.561. The Hall–Kier alpha value is -2.35. The SMILES string of the molecule is Cc1cccc(-c2cc(=O)oc3ccc(C(C)C)cc23)c1. The Morgan fingerprint density at radius 1 is 1.00 bits per heavy atom. The van der Waals surface area contributed by atoms with E-state index in [4.69, 9.17) is 4.42 Å². The van der Waals surface area contributed by atoms with Crippen LogP contribution in [0.15, 0.2) is 57.7 Å². The van der Waals surface area contributed by atoms with Gasteiger partial charge in [0, 0.05) is 11.5 Å². The molecule has 2 aromatic carbocycles. The van der Waals surface area contributed by atoms with Crippen molar-refractivity contribution in [1.82, 2.24) is 0 Å². The predicted molar refractivity (Wildman–Crippen MR) is 86.7 cm³/mol. The predicted octanol–water partition coefficient (Wildman–Crippen LogP) is 4.89. The molecule has 0 aliphatic carbocycles. The van der Waals surface area contributed by atoms with Crippen molar-refractivity contribution in [3.8, 4) is 11.1 Å². The molecule has 0 aliphatic rings. The molecule has 0 spiro atoms. The highest BCUT2D eigenvalue weighted by Gasteiger charge is 2.10. The van der Waals surface area contributed by atoms with Crippen LogP contribution in [0, 0.1) is 6.92 Å². The maximum Gasteiger partial charge on any atom is 0.336 e. The van der Waals surface area contributed by atoms with E-state index in [0.29, 0.717) is 11.5 Å². The zero-order valence-electron chi connectivity index (χ0n) is 12.5. The Morgan fingerprint density at radius 3 is 2.52 bits per heavy atom. The van der Waals surface area contributed by atoms with E-state index in [1.807, 2.05) is 24.3 Å². The third-order valence-corrected chi connectivity index (χ3v) is 3.76. The molecular weight excluding hydrogens is 260 g/mol. The highest BCUT2D eigenvalue weighted by Crippen LogP contribution is 2.30. The second kappa shape index (κ2) is 5.21. The van der Waals surface area contributed by atoms with Gasteiger partial charge in [0.15, 0.2) is 0 Å². The van der Waals surface area contributed by atoms with Gasteiger partial charge >= 0.3 is 5.63 Å². The van der Waals surface area contributed by atoms with Crippen LogP contribution in [0.25, 0.3) is 22.1 Å². The van der Waals surface area contributed by atoms with Gasteiger partial charge in [0.1, 0.15) is 5.58 Å². The first kappa shape index (κ1) is 13.6. The minimum atomic E-state index is -0.309. The van der Waals surface area contributed by atoms with Crippen molar-refractivity contribution in [2.45, 2.75) is 26.7 Å². The quantitative estimate of drug-likeness (QED) is 0.625. The normalized spacial score (nSPS) is 11.2. The maximum absolute atomic E-state index is 11.8. The molecule has 0 bridgehead atoms. The van der Waals surface area contributed by atoms with Gasteiger partial charge in [-0.15, -0.1) is 0 Å². The third-order valence-electron chi connectivity index (χ3n) is 3.76. The summed E-state index contributed by atoms with van der Waals surface area (Å²) in [7, 11) is 0. The van der Waals surface area contributed by atoms with Gasteiger partial charge in [-0.2, -0.15) is 0 Å². The summed E-state index contributed by atoms with van der Waals surface area (Å²) in [6.07, 6.45) is 0. The van der Waals surface area contributed by atoms with Gasteiger partial charge in [-0.1, -0.05) is 49.7 Å². The highest BCUT2D eigenvalue weighted by molar-refractivity contribution is 5.93. The van der Waals surface area contributed by atoms with Gasteiger partial charge < -0.3 is 4.42 Å². The molecule has 106 valence electrons. The molecule has 2 nitrogen and oxygen atoms in total. The Labute approximate surface area is 124 Å². The zero-order valence-corrected chi connectivity index (χ0v) is 12.5. The van der Waals surface area contributed by atoms with Crippen molar-refractivity contribution < 1.29 is 4.42 Å². The summed E-state index contributed by atoms with van der Waals surface area (Å²) in [5, 5.41) is 0.992. The minimum Gasteiger partial charge on any atom is -0.423 e. The molecule has 0 N–H and O–H groups in total. The summed E-state index contributed by atoms with van der Waals surface area (Å²) in [6.45, 7) is 6.37. The molecule has 0 saturated heterocycles. The Morgan fingerprint density at radius 2 is 1.81 bits per heavy atom. The van der Waals surface area contributed by atoms with E-state index < -0.39 is 0 Å². The van der Waals surface area contributed by atoms with Crippen LogP contribution in [0.2, 0.25) is 0 Å². The summed E-state index contributed by atoms with van der Waals surface area (Å²) < 4.78 is 5.33. The molecule has 0 fully saturated rings. The number of hydrogen-bond acceptors (Lipinski definition) is 2. The number of rotatable bonds is 2. The number of aryl methyl sites for hydroxylation is 1. The van der Waals surface area contributed by atoms with Crippen molar-refractivity contribution in [3.05, 3.63) is 70.1 Å². The first-order valence-corrected chi connectivity index (χ1v) is 7.19. The van der Waals surface area contributed by atoms with Gasteiger partial charge in [0.25, 0.3) is 0 Å². The minimum absolute atomic E-state index is 0.309. The molecule has 2 heteroatoms. The van der Waals surface area contributed by atoms with Crippen molar-refractivity contribution in [2.24, 2.45) is 0 Å². The number of fused-ring (bicyclic) bond motifs is 1. The van der Waals surface area contributed by atoms with E-state index in [0.717, 1.165) is 16.5 Å². The van der Waals surface area contributed by atoms with Gasteiger partial charge in [0.2, 0.25) is 0 Å². The van der Waals surface area contributed by atoms with Crippen molar-refractivity contribution >= 4 is 11.0 Å². The molecule has 1 aromatic heterocycles. The third kappa shape index (κ3) is 2.62. The fourth-order valence-corrected chi connectivity index (χ4v) is 2.59. The maximum atomic E-state index is 11.8. The van der Waals surface area contributed by atoms with Crippen molar-refractivity contribution in [1.29, 1.82) is 0 Å². The van der Waals surface area contributed by atoms with E-state index in [9.17, 15) is 4.79 Å². The monoisotopic (exact) mass is 278 g/mol. The van der Waals surface area contributed by atoms with Crippen LogP contribution >= 0.6 is 0 Å². The van der Waals surface area contributed by atoms with Crippen LogP contribution in [0.1, 0.15) is 30.9 Å². The van der Waals surface area contributed by atoms with E-state index in [1.165, 1.54) is 11.1 Å². The Balaban J connectivity index is 2.34. The summed E-state index contributed by atoms with van der Waals surface area (Å²) in [5.41, 5.74) is 4.74. The second-order valence-corrected chi connectivity index (χ2v) is 5.76. The molecule has 0 amide bonds. The lowest BCUT2D eigenvalue weighted by Gasteiger charge is -2.10. The molecule has 0 aliphatic heterocycles. The van der Waals surface area contributed by atoms with Crippen LogP contribution in [-0.2, 0) is 0 Å². The van der Waals surface area contributed by atoms with E-state index in [2.05, 4.69) is 39.0 Å². The van der Waals surface area contributed by atoms with Crippen LogP contribution in [0.4, 0.5) is 0 Å². The van der Waals surface area contributed by atoms with Gasteiger partial charge in [-0.05, 0) is 41.7 Å².